The van der Waals surface area contributed by atoms with Crippen molar-refractivity contribution >= 4 is 0 Å². The summed E-state index contributed by atoms with van der Waals surface area (Å²) in [7, 11) is 4.89. The normalized spacial score (nSPS) is 18.9. The van der Waals surface area contributed by atoms with Crippen LogP contribution in [0.2, 0.25) is 0 Å². The van der Waals surface area contributed by atoms with E-state index in [-0.39, 0.29) is 95.3 Å². The zero-order valence-corrected chi connectivity index (χ0v) is 42.4. The smallest absolute Gasteiger partial charge is 0.870 e. The molecule has 4 unspecified atom stereocenters. The van der Waals surface area contributed by atoms with Gasteiger partial charge in [-0.05, 0) is 62.1 Å². The van der Waals surface area contributed by atoms with Gasteiger partial charge < -0.3 is 82.4 Å². The molecule has 2 aliphatic heterocycles. The van der Waals surface area contributed by atoms with Crippen molar-refractivity contribution in [3.8, 4) is 0 Å². The Kier molecular flexibility index (Phi) is 39.2. The minimum atomic E-state index is -1.23. The zero-order chi connectivity index (χ0) is 44.7. The molecule has 4 N–H and O–H groups in total. The van der Waals surface area contributed by atoms with Crippen molar-refractivity contribution < 1.29 is 134 Å². The summed E-state index contributed by atoms with van der Waals surface area (Å²) in [6, 6.07) is 15.7. The van der Waals surface area contributed by atoms with Crippen molar-refractivity contribution in [3.63, 3.8) is 0 Å². The van der Waals surface area contributed by atoms with Crippen LogP contribution in [-0.2, 0) is 84.0 Å². The van der Waals surface area contributed by atoms with Gasteiger partial charge in [0.25, 0.3) is 0 Å². The van der Waals surface area contributed by atoms with Crippen molar-refractivity contribution in [1.29, 1.82) is 0 Å². The summed E-state index contributed by atoms with van der Waals surface area (Å²) < 4.78 is 68.2. The van der Waals surface area contributed by atoms with E-state index in [4.69, 9.17) is 66.7 Å². The van der Waals surface area contributed by atoms with E-state index in [0.717, 1.165) is 13.2 Å². The predicted molar refractivity (Wildman–Crippen MR) is 237 cm³/mol. The van der Waals surface area contributed by atoms with Crippen LogP contribution < -0.4 is 51.4 Å². The molecule has 64 heavy (non-hydrogen) atoms. The summed E-state index contributed by atoms with van der Waals surface area (Å²) in [6.07, 6.45) is 0. The SMILES string of the molecule is C.CC1(c2cccc(C3(C)CO3)c2)CO1.COCCOCCOCCO.COCCOCCOCCOCC(C)(O)c1cccc(C(C)(O)COCCOCCOCCOC)c1.[K+].[OH-]. The summed E-state index contributed by atoms with van der Waals surface area (Å²) in [5, 5.41) is 30.2. The first-order valence-corrected chi connectivity index (χ1v) is 21.0. The van der Waals surface area contributed by atoms with Crippen LogP contribution in [0.3, 0.4) is 0 Å². The zero-order valence-electron chi connectivity index (χ0n) is 39.3. The standard InChI is InChI=1S/C26H46O10.C12H14O2.C7H16O4.CH4.K.H2O/c1-25(27,21-35-18-16-33-14-12-31-10-8-29-3)23-6-5-7-24(20-23)26(2,28)22-36-19-17-34-15-13-32-11-9-30-4;1-11(7-13-11)9-4-3-5-10(6-9)12(2)8-14-12;1-9-4-5-11-7-6-10-3-2-8;;;/h5-7,20,27-28H,8-19,21-22H2,1-4H3;3-6H,7-8H2,1-2H3;8H,2-7H2,1H3;1H4;;1H2/q;;;;+1;/p-1. The third-order valence-electron chi connectivity index (χ3n) is 9.50. The fraction of sp³-hybridized carbons (Fsp3) is 0.739. The van der Waals surface area contributed by atoms with E-state index in [1.165, 1.54) is 11.1 Å². The Morgan fingerprint density at radius 3 is 1.08 bits per heavy atom. The summed E-state index contributed by atoms with van der Waals surface area (Å²) in [4.78, 5) is 0. The van der Waals surface area contributed by atoms with Crippen LogP contribution in [0.5, 0.6) is 0 Å². The number of aliphatic hydroxyl groups excluding tert-OH is 1. The van der Waals surface area contributed by atoms with Gasteiger partial charge in [-0.1, -0.05) is 43.8 Å². The second kappa shape index (κ2) is 38.3. The fourth-order valence-electron chi connectivity index (χ4n) is 5.32. The summed E-state index contributed by atoms with van der Waals surface area (Å²) in [6.45, 7) is 17.9. The summed E-state index contributed by atoms with van der Waals surface area (Å²) >= 11 is 0. The maximum atomic E-state index is 10.9. The number of methoxy groups -OCH3 is 3. The molecule has 17 nitrogen and oxygen atoms in total. The monoisotopic (exact) mass is 945 g/mol. The Bertz CT molecular complexity index is 1280. The van der Waals surface area contributed by atoms with Crippen LogP contribution in [0, 0.1) is 0 Å². The average Bonchev–Trinajstić information content (AvgIpc) is 4.20. The van der Waals surface area contributed by atoms with E-state index in [2.05, 4.69) is 38.1 Å². The van der Waals surface area contributed by atoms with Crippen molar-refractivity contribution in [2.24, 2.45) is 0 Å². The molecule has 0 spiro atoms. The van der Waals surface area contributed by atoms with Crippen molar-refractivity contribution in [2.75, 3.05) is 167 Å². The molecule has 4 rings (SSSR count). The Hall–Kier alpha value is -0.604. The molecule has 2 aromatic rings. The molecule has 2 heterocycles. The van der Waals surface area contributed by atoms with Gasteiger partial charge in [0.2, 0.25) is 0 Å². The molecular formula is C46H81KO17. The van der Waals surface area contributed by atoms with Gasteiger partial charge in [0.1, 0.15) is 22.4 Å². The Labute approximate surface area is 425 Å². The van der Waals surface area contributed by atoms with Gasteiger partial charge in [-0.3, -0.25) is 0 Å². The molecule has 4 atom stereocenters. The van der Waals surface area contributed by atoms with Gasteiger partial charge in [-0.25, -0.2) is 0 Å². The molecule has 0 aliphatic carbocycles. The molecule has 0 aromatic heterocycles. The van der Waals surface area contributed by atoms with Gasteiger partial charge >= 0.3 is 51.4 Å². The molecule has 0 radical (unpaired) electrons. The largest absolute Gasteiger partial charge is 1.00 e. The maximum absolute atomic E-state index is 10.9. The molecule has 18 heteroatoms. The van der Waals surface area contributed by atoms with Crippen LogP contribution in [0.15, 0.2) is 48.5 Å². The van der Waals surface area contributed by atoms with E-state index in [1.54, 1.807) is 59.4 Å². The van der Waals surface area contributed by atoms with Crippen molar-refractivity contribution in [1.82, 2.24) is 0 Å². The van der Waals surface area contributed by atoms with E-state index in [1.807, 2.05) is 0 Å². The first kappa shape index (κ1) is 65.5. The number of epoxide rings is 2. The number of rotatable bonds is 34. The number of aliphatic hydroxyl groups is 3. The van der Waals surface area contributed by atoms with Crippen LogP contribution in [0.4, 0.5) is 0 Å². The fourth-order valence-corrected chi connectivity index (χ4v) is 5.32. The first-order valence-electron chi connectivity index (χ1n) is 21.0. The average molecular weight is 945 g/mol. The van der Waals surface area contributed by atoms with Crippen LogP contribution in [0.25, 0.3) is 0 Å². The molecule has 0 amide bonds. The third kappa shape index (κ3) is 29.3. The molecule has 0 saturated carbocycles. The second-order valence-corrected chi connectivity index (χ2v) is 15.2. The summed E-state index contributed by atoms with van der Waals surface area (Å²) in [5.74, 6) is 0. The molecule has 0 bridgehead atoms. The number of benzene rings is 2. The van der Waals surface area contributed by atoms with Gasteiger partial charge in [0.05, 0.1) is 145 Å². The second-order valence-electron chi connectivity index (χ2n) is 15.2. The van der Waals surface area contributed by atoms with E-state index in [9.17, 15) is 10.2 Å². The van der Waals surface area contributed by atoms with Gasteiger partial charge in [-0.15, -0.1) is 0 Å². The molecular weight excluding hydrogens is 864 g/mol. The van der Waals surface area contributed by atoms with Crippen LogP contribution >= 0.6 is 0 Å². The van der Waals surface area contributed by atoms with Gasteiger partial charge in [-0.2, -0.15) is 0 Å². The molecule has 2 saturated heterocycles. The summed E-state index contributed by atoms with van der Waals surface area (Å²) in [5.41, 5.74) is 1.32. The number of hydrogen-bond acceptors (Lipinski definition) is 17. The van der Waals surface area contributed by atoms with Gasteiger partial charge in [0.15, 0.2) is 0 Å². The maximum Gasteiger partial charge on any atom is 1.00 e. The van der Waals surface area contributed by atoms with Crippen molar-refractivity contribution in [2.45, 2.75) is 57.5 Å². The topological polar surface area (TPSA) is 217 Å². The third-order valence-corrected chi connectivity index (χ3v) is 9.50. The molecule has 2 aromatic carbocycles. The minimum Gasteiger partial charge on any atom is -0.870 e. The molecule has 2 aliphatic rings. The predicted octanol–water partition coefficient (Wildman–Crippen LogP) is 0.793. The molecule has 368 valence electrons. The number of hydrogen-bond donors (Lipinski definition) is 3. The van der Waals surface area contributed by atoms with Crippen molar-refractivity contribution in [3.05, 3.63) is 70.8 Å². The van der Waals surface area contributed by atoms with E-state index >= 15 is 0 Å². The first-order chi connectivity index (χ1) is 29.4. The number of ether oxygens (including phenoxy) is 13. The quantitative estimate of drug-likeness (QED) is 0.0502. The van der Waals surface area contributed by atoms with E-state index < -0.39 is 11.2 Å². The van der Waals surface area contributed by atoms with Crippen LogP contribution in [0.1, 0.15) is 57.4 Å². The Morgan fingerprint density at radius 2 is 0.781 bits per heavy atom. The Morgan fingerprint density at radius 1 is 0.500 bits per heavy atom. The van der Waals surface area contributed by atoms with E-state index in [0.29, 0.717) is 123 Å². The Balaban J connectivity index is 0. The molecule has 2 fully saturated rings. The van der Waals surface area contributed by atoms with Crippen LogP contribution in [-0.4, -0.2) is 187 Å². The van der Waals surface area contributed by atoms with Gasteiger partial charge in [0, 0.05) is 21.3 Å². The minimum absolute atomic E-state index is 0.